The molecule has 1 aromatic carbocycles. The van der Waals surface area contributed by atoms with Crippen molar-refractivity contribution in [2.45, 2.75) is 0 Å². The number of nitrogens with zero attached hydrogens (tertiary/aromatic N) is 1. The lowest BCUT2D eigenvalue weighted by Gasteiger charge is -2.08. The van der Waals surface area contributed by atoms with E-state index in [0.717, 1.165) is 0 Å². The van der Waals surface area contributed by atoms with E-state index in [9.17, 15) is 14.4 Å². The molecule has 2 aromatic rings. The van der Waals surface area contributed by atoms with Crippen LogP contribution >= 0.6 is 0 Å². The number of carbonyl (C=O) groups is 3. The van der Waals surface area contributed by atoms with Crippen LogP contribution in [0.5, 0.6) is 11.5 Å². The Balaban J connectivity index is 2.10. The largest absolute Gasteiger partial charge is 0.493 e. The second-order valence-electron chi connectivity index (χ2n) is 4.34. The van der Waals surface area contributed by atoms with E-state index < -0.39 is 17.8 Å². The molecule has 1 aromatic heterocycles. The van der Waals surface area contributed by atoms with Gasteiger partial charge in [0.25, 0.3) is 0 Å². The number of carbonyl (C=O) groups excluding carboxylic acids is 3. The van der Waals surface area contributed by atoms with E-state index in [1.807, 2.05) is 5.43 Å². The van der Waals surface area contributed by atoms with Crippen molar-refractivity contribution in [2.75, 3.05) is 7.11 Å². The Morgan fingerprint density at radius 1 is 1.25 bits per heavy atom. The van der Waals surface area contributed by atoms with Gasteiger partial charge in [0.1, 0.15) is 0 Å². The number of nitrogens with one attached hydrogen (secondary N) is 1. The predicted octanol–water partition coefficient (Wildman–Crippen LogP) is 0.443. The normalized spacial score (nSPS) is 10.4. The van der Waals surface area contributed by atoms with E-state index in [1.165, 1.54) is 37.8 Å². The van der Waals surface area contributed by atoms with E-state index in [2.05, 4.69) is 5.10 Å². The highest BCUT2D eigenvalue weighted by Gasteiger charge is 2.14. The van der Waals surface area contributed by atoms with Crippen LogP contribution in [0.2, 0.25) is 0 Å². The highest BCUT2D eigenvalue weighted by Crippen LogP contribution is 2.28. The number of furan rings is 1. The van der Waals surface area contributed by atoms with Crippen molar-refractivity contribution < 1.29 is 28.3 Å². The van der Waals surface area contributed by atoms with Crippen molar-refractivity contribution in [3.63, 3.8) is 0 Å². The summed E-state index contributed by atoms with van der Waals surface area (Å²) in [5, 5.41) is 3.57. The number of amides is 2. The summed E-state index contributed by atoms with van der Waals surface area (Å²) in [6, 6.07) is 7.60. The zero-order chi connectivity index (χ0) is 17.5. The molecule has 0 fully saturated rings. The van der Waals surface area contributed by atoms with Gasteiger partial charge in [-0.2, -0.15) is 5.10 Å². The summed E-state index contributed by atoms with van der Waals surface area (Å²) in [6.45, 7) is 0. The number of nitrogens with two attached hydrogens (primary N) is 1. The van der Waals surface area contributed by atoms with Crippen LogP contribution < -0.4 is 20.6 Å². The second-order valence-corrected chi connectivity index (χ2v) is 4.34. The number of primary amides is 1. The Hall–Kier alpha value is -3.62. The number of hydrazone groups is 1. The van der Waals surface area contributed by atoms with Crippen molar-refractivity contribution in [3.05, 3.63) is 47.9 Å². The SMILES string of the molecule is COc1cc(/C=N/NC(=O)C(N)=O)ccc1OC(=O)c1ccco1. The van der Waals surface area contributed by atoms with Crippen molar-refractivity contribution in [1.82, 2.24) is 5.43 Å². The molecule has 124 valence electrons. The smallest absolute Gasteiger partial charge is 0.379 e. The lowest BCUT2D eigenvalue weighted by atomic mass is 10.2. The lowest BCUT2D eigenvalue weighted by molar-refractivity contribution is -0.137. The zero-order valence-electron chi connectivity index (χ0n) is 12.5. The first-order valence-electron chi connectivity index (χ1n) is 6.58. The number of methoxy groups -OCH3 is 1. The van der Waals surface area contributed by atoms with Gasteiger partial charge in [-0.05, 0) is 35.9 Å². The molecule has 0 spiro atoms. The standard InChI is InChI=1S/C15H13N3O6/c1-22-12-7-9(8-17-18-14(20)13(16)19)4-5-10(12)24-15(21)11-3-2-6-23-11/h2-8H,1H3,(H2,16,19)(H,18,20)/b17-8+. The third kappa shape index (κ3) is 4.19. The Morgan fingerprint density at radius 3 is 2.67 bits per heavy atom. The summed E-state index contributed by atoms with van der Waals surface area (Å²) in [6.07, 6.45) is 2.62. The van der Waals surface area contributed by atoms with Gasteiger partial charge in [0.15, 0.2) is 11.5 Å². The molecule has 0 bridgehead atoms. The fraction of sp³-hybridized carbons (Fsp3) is 0.0667. The molecule has 2 rings (SSSR count). The summed E-state index contributed by atoms with van der Waals surface area (Å²) >= 11 is 0. The summed E-state index contributed by atoms with van der Waals surface area (Å²) in [5.41, 5.74) is 7.24. The van der Waals surface area contributed by atoms with E-state index >= 15 is 0 Å². The van der Waals surface area contributed by atoms with Gasteiger partial charge >= 0.3 is 17.8 Å². The third-order valence-corrected chi connectivity index (χ3v) is 2.72. The highest BCUT2D eigenvalue weighted by molar-refractivity contribution is 6.34. The van der Waals surface area contributed by atoms with Gasteiger partial charge in [0.2, 0.25) is 5.76 Å². The van der Waals surface area contributed by atoms with Gasteiger partial charge in [0.05, 0.1) is 19.6 Å². The maximum Gasteiger partial charge on any atom is 0.379 e. The predicted molar refractivity (Wildman–Crippen MR) is 81.6 cm³/mol. The summed E-state index contributed by atoms with van der Waals surface area (Å²) < 4.78 is 15.3. The minimum atomic E-state index is -1.15. The molecule has 1 heterocycles. The first-order chi connectivity index (χ1) is 11.5. The van der Waals surface area contributed by atoms with Crippen LogP contribution in [0, 0.1) is 0 Å². The molecule has 3 N–H and O–H groups in total. The molecule has 24 heavy (non-hydrogen) atoms. The molecular formula is C15H13N3O6. The topological polar surface area (TPSA) is 133 Å². The van der Waals surface area contributed by atoms with Gasteiger partial charge in [-0.25, -0.2) is 10.2 Å². The van der Waals surface area contributed by atoms with Crippen LogP contribution in [0.3, 0.4) is 0 Å². The molecule has 0 aliphatic carbocycles. The molecule has 0 saturated carbocycles. The maximum atomic E-state index is 11.8. The minimum absolute atomic E-state index is 0.0526. The fourth-order valence-corrected chi connectivity index (χ4v) is 1.61. The van der Waals surface area contributed by atoms with Gasteiger partial charge in [-0.15, -0.1) is 0 Å². The molecule has 0 unspecified atom stereocenters. The van der Waals surface area contributed by atoms with Crippen LogP contribution in [-0.2, 0) is 9.59 Å². The van der Waals surface area contributed by atoms with E-state index in [0.29, 0.717) is 5.56 Å². The van der Waals surface area contributed by atoms with Crippen LogP contribution in [0.15, 0.2) is 46.1 Å². The van der Waals surface area contributed by atoms with Crippen molar-refractivity contribution in [1.29, 1.82) is 0 Å². The van der Waals surface area contributed by atoms with Crippen LogP contribution in [0.1, 0.15) is 16.1 Å². The number of hydrogen-bond acceptors (Lipinski definition) is 7. The van der Waals surface area contributed by atoms with Crippen molar-refractivity contribution >= 4 is 24.0 Å². The molecule has 9 heteroatoms. The molecule has 0 atom stereocenters. The molecule has 0 aliphatic heterocycles. The summed E-state index contributed by atoms with van der Waals surface area (Å²) in [5.74, 6) is -2.37. The van der Waals surface area contributed by atoms with Crippen molar-refractivity contribution in [2.24, 2.45) is 10.8 Å². The van der Waals surface area contributed by atoms with E-state index in [-0.39, 0.29) is 17.3 Å². The van der Waals surface area contributed by atoms with Crippen LogP contribution in [0.25, 0.3) is 0 Å². The highest BCUT2D eigenvalue weighted by atomic mass is 16.6. The Bertz CT molecular complexity index is 783. The Morgan fingerprint density at radius 2 is 2.04 bits per heavy atom. The molecule has 0 aliphatic rings. The number of esters is 1. The zero-order valence-corrected chi connectivity index (χ0v) is 12.5. The Labute approximate surface area is 136 Å². The van der Waals surface area contributed by atoms with Crippen molar-refractivity contribution in [3.8, 4) is 11.5 Å². The summed E-state index contributed by atoms with van der Waals surface area (Å²) in [4.78, 5) is 33.4. The average molecular weight is 331 g/mol. The van der Waals surface area contributed by atoms with Gasteiger partial charge < -0.3 is 19.6 Å². The number of benzene rings is 1. The molecular weight excluding hydrogens is 318 g/mol. The van der Waals surface area contributed by atoms with E-state index in [1.54, 1.807) is 12.1 Å². The van der Waals surface area contributed by atoms with Gasteiger partial charge in [-0.3, -0.25) is 9.59 Å². The molecule has 0 saturated heterocycles. The molecule has 0 radical (unpaired) electrons. The van der Waals surface area contributed by atoms with Crippen LogP contribution in [-0.4, -0.2) is 31.1 Å². The number of hydrogen-bond donors (Lipinski definition) is 2. The maximum absolute atomic E-state index is 11.8. The minimum Gasteiger partial charge on any atom is -0.493 e. The number of ether oxygens (including phenoxy) is 2. The van der Waals surface area contributed by atoms with Gasteiger partial charge in [0, 0.05) is 0 Å². The van der Waals surface area contributed by atoms with Crippen LogP contribution in [0.4, 0.5) is 0 Å². The lowest BCUT2D eigenvalue weighted by Crippen LogP contribution is -2.32. The second kappa shape index (κ2) is 7.58. The van der Waals surface area contributed by atoms with E-state index in [4.69, 9.17) is 19.6 Å². The van der Waals surface area contributed by atoms with Gasteiger partial charge in [-0.1, -0.05) is 0 Å². The number of rotatable bonds is 5. The molecule has 9 nitrogen and oxygen atoms in total. The molecule has 2 amide bonds. The Kier molecular flexibility index (Phi) is 5.29. The fourth-order valence-electron chi connectivity index (χ4n) is 1.61. The first kappa shape index (κ1) is 16.7. The monoisotopic (exact) mass is 331 g/mol. The average Bonchev–Trinajstić information content (AvgIpc) is 3.10. The first-order valence-corrected chi connectivity index (χ1v) is 6.58. The quantitative estimate of drug-likeness (QED) is 0.268. The summed E-state index contributed by atoms with van der Waals surface area (Å²) in [7, 11) is 1.40. The third-order valence-electron chi connectivity index (χ3n) is 2.72.